The molecule has 0 radical (unpaired) electrons. The Morgan fingerprint density at radius 2 is 1.06 bits per heavy atom. The number of nitrogens with zero attached hydrogens (tertiary/aromatic N) is 1. The zero-order chi connectivity index (χ0) is 34.6. The summed E-state index contributed by atoms with van der Waals surface area (Å²) in [6, 6.07) is 2.18. The lowest BCUT2D eigenvalue weighted by Gasteiger charge is -2.55. The molecule has 296 valence electrons. The Labute approximate surface area is 332 Å². The van der Waals surface area contributed by atoms with Gasteiger partial charge in [-0.2, -0.15) is 23.5 Å². The largest absolute Gasteiger partial charge is 0.374 e. The minimum absolute atomic E-state index is 0.517. The molecular formula is C48H75NO2S2. The molecule has 4 saturated heterocycles. The number of ether oxygens (including phenoxy) is 2. The topological polar surface area (TPSA) is 21.7 Å². The van der Waals surface area contributed by atoms with Crippen molar-refractivity contribution in [2.24, 2.45) is 59.2 Å². The molecule has 53 heavy (non-hydrogen) atoms. The van der Waals surface area contributed by atoms with E-state index >= 15 is 0 Å². The second kappa shape index (κ2) is 14.7. The van der Waals surface area contributed by atoms with Crippen molar-refractivity contribution >= 4 is 23.5 Å². The summed E-state index contributed by atoms with van der Waals surface area (Å²) in [5, 5.41) is 3.85. The molecule has 20 atom stereocenters. The van der Waals surface area contributed by atoms with E-state index in [1.165, 1.54) is 135 Å². The second-order valence-corrected chi connectivity index (χ2v) is 24.7. The van der Waals surface area contributed by atoms with E-state index < -0.39 is 0 Å². The van der Waals surface area contributed by atoms with Crippen molar-refractivity contribution in [3.05, 3.63) is 0 Å². The minimum atomic E-state index is 0.517. The Kier molecular flexibility index (Phi) is 9.85. The van der Waals surface area contributed by atoms with Crippen molar-refractivity contribution in [3.8, 4) is 0 Å². The molecule has 20 unspecified atom stereocenters. The molecule has 4 heterocycles. The molecule has 0 aromatic carbocycles. The second-order valence-electron chi connectivity index (χ2n) is 21.8. The van der Waals surface area contributed by atoms with Crippen LogP contribution in [-0.4, -0.2) is 68.4 Å². The highest BCUT2D eigenvalue weighted by Gasteiger charge is 2.63. The quantitative estimate of drug-likeness (QED) is 0.284. The molecule has 0 bridgehead atoms. The first-order valence-corrected chi connectivity index (χ1v) is 26.6. The normalized spacial score (nSPS) is 56.3. The molecule has 0 amide bonds. The van der Waals surface area contributed by atoms with Crippen LogP contribution in [-0.2, 0) is 9.47 Å². The van der Waals surface area contributed by atoms with Gasteiger partial charge in [0.2, 0.25) is 0 Å². The van der Waals surface area contributed by atoms with Crippen LogP contribution in [0, 0.1) is 59.2 Å². The van der Waals surface area contributed by atoms with Gasteiger partial charge in [-0.3, -0.25) is 4.90 Å². The third-order valence-corrected chi connectivity index (χ3v) is 23.6. The first-order valence-electron chi connectivity index (χ1n) is 24.7. The lowest BCUT2D eigenvalue weighted by atomic mass is 9.58. The van der Waals surface area contributed by atoms with Gasteiger partial charge in [0, 0.05) is 39.1 Å². The van der Waals surface area contributed by atoms with Crippen LogP contribution in [0.3, 0.4) is 0 Å². The lowest BCUT2D eigenvalue weighted by molar-refractivity contribution is -0.100. The number of hydrogen-bond donors (Lipinski definition) is 0. The fraction of sp³-hybridized carbons (Fsp3) is 1.00. The van der Waals surface area contributed by atoms with Crippen LogP contribution in [0.5, 0.6) is 0 Å². The van der Waals surface area contributed by atoms with Gasteiger partial charge in [-0.15, -0.1) is 0 Å². The first-order chi connectivity index (χ1) is 26.3. The van der Waals surface area contributed by atoms with Crippen LogP contribution in [0.2, 0.25) is 0 Å². The minimum Gasteiger partial charge on any atom is -0.374 e. The molecule has 5 heteroatoms. The van der Waals surface area contributed by atoms with Gasteiger partial charge in [-0.05, 0) is 155 Å². The predicted octanol–water partition coefficient (Wildman–Crippen LogP) is 11.7. The van der Waals surface area contributed by atoms with Crippen molar-refractivity contribution in [2.75, 3.05) is 0 Å². The van der Waals surface area contributed by atoms with E-state index in [-0.39, 0.29) is 0 Å². The van der Waals surface area contributed by atoms with E-state index in [9.17, 15) is 0 Å². The van der Waals surface area contributed by atoms with E-state index in [1.54, 1.807) is 38.5 Å². The highest BCUT2D eigenvalue weighted by Crippen LogP contribution is 2.67. The summed E-state index contributed by atoms with van der Waals surface area (Å²) < 4.78 is 14.6. The Bertz CT molecular complexity index is 1310. The monoisotopic (exact) mass is 762 g/mol. The van der Waals surface area contributed by atoms with E-state index in [0.717, 1.165) is 92.3 Å². The number of thioether (sulfide) groups is 2. The van der Waals surface area contributed by atoms with Crippen molar-refractivity contribution in [1.82, 2.24) is 4.90 Å². The SMILES string of the molecule is C1CCC(C2CCC(N(C3CCC4C(C3)OC3CCCCC34)C3CCCC4C5CCCCC5OC43)C3SC4C(CCC5SC6CCCCC6C54)C23)CC1. The molecular weight excluding hydrogens is 687 g/mol. The molecule has 12 fully saturated rings. The first kappa shape index (κ1) is 35.5. The summed E-state index contributed by atoms with van der Waals surface area (Å²) in [6.45, 7) is 0. The maximum atomic E-state index is 7.46. The van der Waals surface area contributed by atoms with Crippen molar-refractivity contribution in [3.63, 3.8) is 0 Å². The van der Waals surface area contributed by atoms with Crippen LogP contribution in [0.15, 0.2) is 0 Å². The van der Waals surface area contributed by atoms with Gasteiger partial charge in [0.05, 0.1) is 24.4 Å². The zero-order valence-corrected chi connectivity index (χ0v) is 34.9. The average molecular weight is 762 g/mol. The average Bonchev–Trinajstić information content (AvgIpc) is 3.98. The van der Waals surface area contributed by atoms with Crippen LogP contribution in [0.4, 0.5) is 0 Å². The van der Waals surface area contributed by atoms with Gasteiger partial charge in [-0.25, -0.2) is 0 Å². The van der Waals surface area contributed by atoms with E-state index in [1.807, 2.05) is 0 Å². The summed E-state index contributed by atoms with van der Waals surface area (Å²) in [5.41, 5.74) is 0. The Morgan fingerprint density at radius 3 is 1.92 bits per heavy atom. The van der Waals surface area contributed by atoms with Gasteiger partial charge < -0.3 is 9.47 Å². The molecule has 0 N–H and O–H groups in total. The Hall–Kier alpha value is 0.580. The molecule has 0 aromatic heterocycles. The highest BCUT2D eigenvalue weighted by molar-refractivity contribution is 8.02. The van der Waals surface area contributed by atoms with Gasteiger partial charge in [0.25, 0.3) is 0 Å². The zero-order valence-electron chi connectivity index (χ0n) is 33.3. The van der Waals surface area contributed by atoms with Gasteiger partial charge in [-0.1, -0.05) is 77.0 Å². The highest BCUT2D eigenvalue weighted by atomic mass is 32.2. The fourth-order valence-corrected chi connectivity index (χ4v) is 22.7. The summed E-state index contributed by atoms with van der Waals surface area (Å²) in [7, 11) is 0. The van der Waals surface area contributed by atoms with Crippen LogP contribution in [0.25, 0.3) is 0 Å². The van der Waals surface area contributed by atoms with Crippen LogP contribution in [0.1, 0.15) is 173 Å². The fourth-order valence-electron chi connectivity index (χ4n) is 18.0. The van der Waals surface area contributed by atoms with E-state index in [2.05, 4.69) is 28.4 Å². The third kappa shape index (κ3) is 5.93. The lowest BCUT2D eigenvalue weighted by Crippen LogP contribution is -2.62. The van der Waals surface area contributed by atoms with Crippen molar-refractivity contribution < 1.29 is 9.47 Å². The van der Waals surface area contributed by atoms with Crippen molar-refractivity contribution in [2.45, 2.75) is 237 Å². The summed E-state index contributed by atoms with van der Waals surface area (Å²) in [6.07, 6.45) is 42.2. The van der Waals surface area contributed by atoms with Gasteiger partial charge in [0.1, 0.15) is 0 Å². The Balaban J connectivity index is 0.903. The van der Waals surface area contributed by atoms with Gasteiger partial charge in [0.15, 0.2) is 0 Å². The third-order valence-electron chi connectivity index (χ3n) is 19.9. The maximum absolute atomic E-state index is 7.46. The van der Waals surface area contributed by atoms with Gasteiger partial charge >= 0.3 is 0 Å². The van der Waals surface area contributed by atoms with E-state index in [0.29, 0.717) is 30.5 Å². The predicted molar refractivity (Wildman–Crippen MR) is 220 cm³/mol. The molecule has 12 aliphatic rings. The standard InChI is InChI=1S/C48H75NO2S2/c1-2-11-28(12-3-1)30-23-25-38(48-44(30)36-24-26-43-45(47(36)53-48)35-15-6-9-20-42(35)52-43)49(29-21-22-33-31-13-4-7-18-39(31)50-41(33)27-29)37-17-10-16-34-32-14-5-8-19-40(32)51-46(34)37/h28-48H,1-27H2. The Morgan fingerprint density at radius 1 is 0.377 bits per heavy atom. The molecule has 0 aromatic rings. The van der Waals surface area contributed by atoms with E-state index in [4.69, 9.17) is 9.47 Å². The summed E-state index contributed by atoms with van der Waals surface area (Å²) in [4.78, 5) is 3.42. The maximum Gasteiger partial charge on any atom is 0.0766 e. The van der Waals surface area contributed by atoms with Crippen molar-refractivity contribution in [1.29, 1.82) is 0 Å². The smallest absolute Gasteiger partial charge is 0.0766 e. The van der Waals surface area contributed by atoms with Crippen LogP contribution < -0.4 is 0 Å². The number of rotatable bonds is 4. The molecule has 8 aliphatic carbocycles. The van der Waals surface area contributed by atoms with Crippen LogP contribution >= 0.6 is 23.5 Å². The summed E-state index contributed by atoms with van der Waals surface area (Å²) in [5.74, 6) is 9.62. The molecule has 8 saturated carbocycles. The number of hydrogen-bond acceptors (Lipinski definition) is 5. The summed E-state index contributed by atoms with van der Waals surface area (Å²) >= 11 is 5.22. The molecule has 4 aliphatic heterocycles. The number of fused-ring (bicyclic) bond motifs is 13. The molecule has 12 rings (SSSR count). The molecule has 3 nitrogen and oxygen atoms in total. The molecule has 0 spiro atoms.